The summed E-state index contributed by atoms with van der Waals surface area (Å²) in [6.07, 6.45) is 0. The topological polar surface area (TPSA) is 68.5 Å². The third-order valence-electron chi connectivity index (χ3n) is 3.85. The first kappa shape index (κ1) is 17.7. The van der Waals surface area contributed by atoms with Gasteiger partial charge in [-0.2, -0.15) is 0 Å². The molecule has 0 aliphatic heterocycles. The normalized spacial score (nSPS) is 10.9. The van der Waals surface area contributed by atoms with Crippen molar-refractivity contribution in [2.24, 2.45) is 0 Å². The van der Waals surface area contributed by atoms with E-state index in [2.05, 4.69) is 5.32 Å². The number of hydrogen-bond donors (Lipinski definition) is 1. The van der Waals surface area contributed by atoms with Gasteiger partial charge in [0.2, 0.25) is 0 Å². The van der Waals surface area contributed by atoms with Crippen molar-refractivity contribution in [1.29, 1.82) is 0 Å². The maximum Gasteiger partial charge on any atom is 0.336 e. The van der Waals surface area contributed by atoms with Crippen LogP contribution in [0.5, 0.6) is 5.75 Å². The van der Waals surface area contributed by atoms with Crippen molar-refractivity contribution in [2.75, 3.05) is 11.9 Å². The van der Waals surface area contributed by atoms with Crippen molar-refractivity contribution in [1.82, 2.24) is 0 Å². The molecule has 3 aromatic rings. The van der Waals surface area contributed by atoms with Gasteiger partial charge in [-0.05, 0) is 41.8 Å². The average molecular weight is 355 g/mol. The van der Waals surface area contributed by atoms with Crippen LogP contribution in [0.15, 0.2) is 57.7 Å². The van der Waals surface area contributed by atoms with Gasteiger partial charge in [-0.3, -0.25) is 4.79 Å². The van der Waals surface area contributed by atoms with Crippen molar-refractivity contribution in [2.45, 2.75) is 19.8 Å². The summed E-state index contributed by atoms with van der Waals surface area (Å²) in [5.41, 5.74) is 1.22. The van der Waals surface area contributed by atoms with E-state index in [1.165, 1.54) is 24.3 Å². The van der Waals surface area contributed by atoms with Gasteiger partial charge in [-0.15, -0.1) is 0 Å². The molecule has 3 rings (SSSR count). The zero-order valence-corrected chi connectivity index (χ0v) is 14.4. The molecule has 0 fully saturated rings. The summed E-state index contributed by atoms with van der Waals surface area (Å²) in [4.78, 5) is 23.6. The molecule has 2 aromatic carbocycles. The molecule has 0 radical (unpaired) electrons. The molecule has 0 bridgehead atoms. The van der Waals surface area contributed by atoms with Crippen molar-refractivity contribution < 1.29 is 18.3 Å². The van der Waals surface area contributed by atoms with Gasteiger partial charge in [0.15, 0.2) is 6.61 Å². The summed E-state index contributed by atoms with van der Waals surface area (Å²) in [5, 5.41) is 3.38. The molecule has 0 saturated carbocycles. The summed E-state index contributed by atoms with van der Waals surface area (Å²) in [6.45, 7) is 3.74. The van der Waals surface area contributed by atoms with Crippen molar-refractivity contribution in [3.63, 3.8) is 0 Å². The largest absolute Gasteiger partial charge is 0.484 e. The van der Waals surface area contributed by atoms with Gasteiger partial charge in [-0.1, -0.05) is 19.9 Å². The molecular weight excluding hydrogens is 337 g/mol. The van der Waals surface area contributed by atoms with Crippen LogP contribution in [0.2, 0.25) is 0 Å². The highest BCUT2D eigenvalue weighted by Crippen LogP contribution is 2.27. The highest BCUT2D eigenvalue weighted by atomic mass is 19.1. The molecule has 0 saturated heterocycles. The maximum atomic E-state index is 13.1. The predicted molar refractivity (Wildman–Crippen MR) is 97.1 cm³/mol. The third kappa shape index (κ3) is 4.08. The number of carbonyl (C=O) groups is 1. The quantitative estimate of drug-likeness (QED) is 0.701. The van der Waals surface area contributed by atoms with Gasteiger partial charge in [0.05, 0.1) is 0 Å². The first-order valence-corrected chi connectivity index (χ1v) is 8.18. The molecule has 1 heterocycles. The Morgan fingerprint density at radius 1 is 1.19 bits per heavy atom. The van der Waals surface area contributed by atoms with E-state index >= 15 is 0 Å². The Morgan fingerprint density at radius 3 is 2.73 bits per heavy atom. The molecule has 5 nitrogen and oxygen atoms in total. The minimum absolute atomic E-state index is 0.172. The van der Waals surface area contributed by atoms with E-state index in [1.54, 1.807) is 24.3 Å². The number of anilines is 1. The van der Waals surface area contributed by atoms with E-state index < -0.39 is 17.3 Å². The molecule has 134 valence electrons. The lowest BCUT2D eigenvalue weighted by Crippen LogP contribution is -2.20. The lowest BCUT2D eigenvalue weighted by atomic mass is 10.00. The summed E-state index contributed by atoms with van der Waals surface area (Å²) in [7, 11) is 0. The maximum absolute atomic E-state index is 13.1. The molecule has 0 atom stereocenters. The highest BCUT2D eigenvalue weighted by molar-refractivity contribution is 5.92. The van der Waals surface area contributed by atoms with Crippen LogP contribution in [-0.2, 0) is 4.79 Å². The molecule has 0 unspecified atom stereocenters. The number of benzene rings is 2. The van der Waals surface area contributed by atoms with Gasteiger partial charge >= 0.3 is 5.63 Å². The van der Waals surface area contributed by atoms with Crippen LogP contribution in [0.1, 0.15) is 25.3 Å². The Hall–Kier alpha value is -3.15. The van der Waals surface area contributed by atoms with Gasteiger partial charge in [0, 0.05) is 23.2 Å². The SMILES string of the molecule is CC(C)c1cc(=O)oc2cc(OCC(=O)Nc3cccc(F)c3)ccc12. The standard InChI is InChI=1S/C20H18FNO4/c1-12(2)17-10-20(24)26-18-9-15(6-7-16(17)18)25-11-19(23)22-14-5-3-4-13(21)8-14/h3-10,12H,11H2,1-2H3,(H,22,23). The zero-order valence-electron chi connectivity index (χ0n) is 14.4. The van der Waals surface area contributed by atoms with Gasteiger partial charge in [0.25, 0.3) is 5.91 Å². The lowest BCUT2D eigenvalue weighted by Gasteiger charge is -2.11. The number of carbonyl (C=O) groups excluding carboxylic acids is 1. The van der Waals surface area contributed by atoms with Crippen molar-refractivity contribution in [3.8, 4) is 5.75 Å². The van der Waals surface area contributed by atoms with Crippen molar-refractivity contribution in [3.05, 3.63) is 70.3 Å². The minimum atomic E-state index is -0.436. The second-order valence-corrected chi connectivity index (χ2v) is 6.18. The van der Waals surface area contributed by atoms with Crippen LogP contribution in [-0.4, -0.2) is 12.5 Å². The summed E-state index contributed by atoms with van der Waals surface area (Å²) in [6, 6.07) is 12.2. The second kappa shape index (κ2) is 7.39. The van der Waals surface area contributed by atoms with E-state index in [0.29, 0.717) is 17.0 Å². The van der Waals surface area contributed by atoms with E-state index in [0.717, 1.165) is 10.9 Å². The van der Waals surface area contributed by atoms with E-state index in [1.807, 2.05) is 13.8 Å². The highest BCUT2D eigenvalue weighted by Gasteiger charge is 2.11. The number of fused-ring (bicyclic) bond motifs is 1. The van der Waals surface area contributed by atoms with Gasteiger partial charge in [-0.25, -0.2) is 9.18 Å². The van der Waals surface area contributed by atoms with E-state index in [9.17, 15) is 14.0 Å². The number of amides is 1. The predicted octanol–water partition coefficient (Wildman–Crippen LogP) is 4.07. The third-order valence-corrected chi connectivity index (χ3v) is 3.85. The van der Waals surface area contributed by atoms with Crippen LogP contribution >= 0.6 is 0 Å². The van der Waals surface area contributed by atoms with Crippen LogP contribution in [0, 0.1) is 5.82 Å². The summed E-state index contributed by atoms with van der Waals surface area (Å²) >= 11 is 0. The summed E-state index contributed by atoms with van der Waals surface area (Å²) < 4.78 is 23.8. The molecule has 0 spiro atoms. The monoisotopic (exact) mass is 355 g/mol. The van der Waals surface area contributed by atoms with Gasteiger partial charge in [0.1, 0.15) is 17.1 Å². The average Bonchev–Trinajstić information content (AvgIpc) is 2.58. The van der Waals surface area contributed by atoms with Crippen LogP contribution in [0.4, 0.5) is 10.1 Å². The molecule has 0 aliphatic rings. The Kier molecular flexibility index (Phi) is 5.02. The fourth-order valence-electron chi connectivity index (χ4n) is 2.65. The molecule has 26 heavy (non-hydrogen) atoms. The number of ether oxygens (including phenoxy) is 1. The molecule has 1 amide bonds. The Bertz CT molecular complexity index is 1010. The molecule has 0 aliphatic carbocycles. The molecule has 6 heteroatoms. The van der Waals surface area contributed by atoms with Crippen LogP contribution < -0.4 is 15.7 Å². The minimum Gasteiger partial charge on any atom is -0.484 e. The number of hydrogen-bond acceptors (Lipinski definition) is 4. The van der Waals surface area contributed by atoms with E-state index in [4.69, 9.17) is 9.15 Å². The fraction of sp³-hybridized carbons (Fsp3) is 0.200. The number of rotatable bonds is 5. The molecule has 1 N–H and O–H groups in total. The Balaban J connectivity index is 1.73. The van der Waals surface area contributed by atoms with Gasteiger partial charge < -0.3 is 14.5 Å². The second-order valence-electron chi connectivity index (χ2n) is 6.18. The summed E-state index contributed by atoms with van der Waals surface area (Å²) in [5.74, 6) is -0.288. The zero-order chi connectivity index (χ0) is 18.7. The first-order chi connectivity index (χ1) is 12.4. The van der Waals surface area contributed by atoms with Crippen molar-refractivity contribution >= 4 is 22.6 Å². The number of halogens is 1. The van der Waals surface area contributed by atoms with Crippen LogP contribution in [0.3, 0.4) is 0 Å². The first-order valence-electron chi connectivity index (χ1n) is 8.18. The fourth-order valence-corrected chi connectivity index (χ4v) is 2.65. The Labute approximate surface area is 149 Å². The molecule has 1 aromatic heterocycles. The lowest BCUT2D eigenvalue weighted by molar-refractivity contribution is -0.118. The van der Waals surface area contributed by atoms with E-state index in [-0.39, 0.29) is 12.5 Å². The Morgan fingerprint density at radius 2 is 2.00 bits per heavy atom. The van der Waals surface area contributed by atoms with Crippen LogP contribution in [0.25, 0.3) is 11.0 Å². The molecular formula is C20H18FNO4. The number of nitrogens with one attached hydrogen (secondary N) is 1. The smallest absolute Gasteiger partial charge is 0.336 e.